The van der Waals surface area contributed by atoms with Crippen molar-refractivity contribution in [1.82, 2.24) is 15.1 Å². The summed E-state index contributed by atoms with van der Waals surface area (Å²) >= 11 is 1.79. The van der Waals surface area contributed by atoms with E-state index in [1.54, 1.807) is 22.6 Å². The van der Waals surface area contributed by atoms with Gasteiger partial charge < -0.3 is 5.32 Å². The molecule has 1 saturated heterocycles. The summed E-state index contributed by atoms with van der Waals surface area (Å²) in [5.41, 5.74) is 2.88. The number of carbonyl (C=O) groups is 1. The number of amides is 1. The second kappa shape index (κ2) is 10.9. The van der Waals surface area contributed by atoms with Crippen LogP contribution in [0.15, 0.2) is 71.3 Å². The van der Waals surface area contributed by atoms with Crippen molar-refractivity contribution >= 4 is 33.6 Å². The number of rotatable bonds is 8. The van der Waals surface area contributed by atoms with Crippen LogP contribution in [-0.4, -0.2) is 47.4 Å². The highest BCUT2D eigenvalue weighted by atomic mass is 32.2. The summed E-state index contributed by atoms with van der Waals surface area (Å²) in [6, 6.07) is 19.1. The lowest BCUT2D eigenvalue weighted by atomic mass is 10.1. The maximum atomic E-state index is 12.8. The van der Waals surface area contributed by atoms with E-state index in [0.29, 0.717) is 17.7 Å². The highest BCUT2D eigenvalue weighted by Gasteiger charge is 2.29. The fourth-order valence-corrected chi connectivity index (χ4v) is 6.28. The molecule has 7 nitrogen and oxygen atoms in total. The minimum atomic E-state index is -3.14. The Morgan fingerprint density at radius 3 is 2.60 bits per heavy atom. The Labute approximate surface area is 209 Å². The van der Waals surface area contributed by atoms with Gasteiger partial charge in [0.2, 0.25) is 0 Å². The van der Waals surface area contributed by atoms with Crippen molar-refractivity contribution in [3.63, 3.8) is 0 Å². The summed E-state index contributed by atoms with van der Waals surface area (Å²) < 4.78 is 25.2. The van der Waals surface area contributed by atoms with E-state index in [0.717, 1.165) is 23.4 Å². The standard InChI is InChI=1S/C26H26N4O3S2/c1-2-13-34-24-10-8-19(9-11-24)25-21(17-30(29-25)23-6-4-3-5-7-23)15-20(16-27)26(31)28-22-12-14-35(32,33)18-22/h3-11,15,17,22H,2,12-14,18H2,1H3,(H,28,31). The van der Waals surface area contributed by atoms with Gasteiger partial charge in [0.1, 0.15) is 11.6 Å². The van der Waals surface area contributed by atoms with Gasteiger partial charge in [0.15, 0.2) is 9.84 Å². The summed E-state index contributed by atoms with van der Waals surface area (Å²) in [6.45, 7) is 2.14. The Hall–Kier alpha value is -3.35. The van der Waals surface area contributed by atoms with Crippen LogP contribution in [0, 0.1) is 11.3 Å². The second-order valence-electron chi connectivity index (χ2n) is 8.33. The van der Waals surface area contributed by atoms with E-state index in [2.05, 4.69) is 12.2 Å². The number of sulfone groups is 1. The summed E-state index contributed by atoms with van der Waals surface area (Å²) in [5, 5.41) is 17.2. The Morgan fingerprint density at radius 2 is 1.97 bits per heavy atom. The van der Waals surface area contributed by atoms with Crippen molar-refractivity contribution in [1.29, 1.82) is 5.26 Å². The number of hydrogen-bond donors (Lipinski definition) is 1. The SMILES string of the molecule is CCCSc1ccc(-c2nn(-c3ccccc3)cc2C=C(C#N)C(=O)NC2CCS(=O)(=O)C2)cc1. The number of nitrogens with zero attached hydrogens (tertiary/aromatic N) is 3. The number of para-hydroxylation sites is 1. The molecule has 3 aromatic rings. The lowest BCUT2D eigenvalue weighted by molar-refractivity contribution is -0.117. The first-order valence-corrected chi connectivity index (χ1v) is 14.2. The summed E-state index contributed by atoms with van der Waals surface area (Å²) in [5.74, 6) is 0.402. The fourth-order valence-electron chi connectivity index (χ4n) is 3.84. The zero-order valence-electron chi connectivity index (χ0n) is 19.3. The van der Waals surface area contributed by atoms with E-state index in [9.17, 15) is 18.5 Å². The van der Waals surface area contributed by atoms with Gasteiger partial charge in [-0.3, -0.25) is 4.79 Å². The van der Waals surface area contributed by atoms with Crippen LogP contribution in [0.4, 0.5) is 0 Å². The second-order valence-corrected chi connectivity index (χ2v) is 11.7. The van der Waals surface area contributed by atoms with E-state index in [1.165, 1.54) is 11.0 Å². The zero-order chi connectivity index (χ0) is 24.8. The van der Waals surface area contributed by atoms with E-state index in [4.69, 9.17) is 5.10 Å². The van der Waals surface area contributed by atoms with Crippen molar-refractivity contribution in [2.75, 3.05) is 17.3 Å². The number of nitrogens with one attached hydrogen (secondary N) is 1. The third kappa shape index (κ3) is 6.21. The zero-order valence-corrected chi connectivity index (χ0v) is 21.0. The van der Waals surface area contributed by atoms with Crippen LogP contribution in [0.25, 0.3) is 23.0 Å². The monoisotopic (exact) mass is 506 g/mol. The van der Waals surface area contributed by atoms with Gasteiger partial charge in [0.25, 0.3) is 5.91 Å². The Kier molecular flexibility index (Phi) is 7.73. The fraction of sp³-hybridized carbons (Fsp3) is 0.269. The average molecular weight is 507 g/mol. The molecule has 9 heteroatoms. The summed E-state index contributed by atoms with van der Waals surface area (Å²) in [7, 11) is -3.14. The first kappa shape index (κ1) is 24.8. The van der Waals surface area contributed by atoms with Gasteiger partial charge >= 0.3 is 0 Å². The molecule has 1 N–H and O–H groups in total. The van der Waals surface area contributed by atoms with Crippen LogP contribution in [0.2, 0.25) is 0 Å². The van der Waals surface area contributed by atoms with Crippen molar-refractivity contribution in [3.05, 3.63) is 71.9 Å². The quantitative estimate of drug-likeness (QED) is 0.278. The molecule has 0 radical (unpaired) electrons. The minimum Gasteiger partial charge on any atom is -0.348 e. The van der Waals surface area contributed by atoms with E-state index >= 15 is 0 Å². The molecule has 1 fully saturated rings. The summed E-state index contributed by atoms with van der Waals surface area (Å²) in [6.07, 6.45) is 4.75. The molecule has 1 aliphatic rings. The van der Waals surface area contributed by atoms with Crippen molar-refractivity contribution in [3.8, 4) is 23.0 Å². The number of aromatic nitrogens is 2. The van der Waals surface area contributed by atoms with Gasteiger partial charge in [-0.25, -0.2) is 13.1 Å². The van der Waals surface area contributed by atoms with Gasteiger partial charge in [-0.2, -0.15) is 10.4 Å². The third-order valence-corrected chi connectivity index (χ3v) is 8.58. The number of benzene rings is 2. The highest BCUT2D eigenvalue weighted by Crippen LogP contribution is 2.28. The molecule has 1 unspecified atom stereocenters. The average Bonchev–Trinajstić information content (AvgIpc) is 3.44. The van der Waals surface area contributed by atoms with E-state index in [-0.39, 0.29) is 17.1 Å². The Balaban J connectivity index is 1.68. The normalized spacial score (nSPS) is 17.1. The molecule has 1 aliphatic heterocycles. The number of nitriles is 1. The molecule has 4 rings (SSSR count). The number of carbonyl (C=O) groups excluding carboxylic acids is 1. The van der Waals surface area contributed by atoms with E-state index < -0.39 is 21.8 Å². The minimum absolute atomic E-state index is 0.0457. The molecule has 0 spiro atoms. The molecular formula is C26H26N4O3S2. The number of hydrogen-bond acceptors (Lipinski definition) is 6. The van der Waals surface area contributed by atoms with Crippen LogP contribution >= 0.6 is 11.8 Å². The maximum Gasteiger partial charge on any atom is 0.262 e. The van der Waals surface area contributed by atoms with Crippen molar-refractivity contribution < 1.29 is 13.2 Å². The van der Waals surface area contributed by atoms with Gasteiger partial charge in [0.05, 0.1) is 22.9 Å². The molecule has 35 heavy (non-hydrogen) atoms. The van der Waals surface area contributed by atoms with Gasteiger partial charge in [-0.15, -0.1) is 11.8 Å². The van der Waals surface area contributed by atoms with Crippen molar-refractivity contribution in [2.45, 2.75) is 30.7 Å². The highest BCUT2D eigenvalue weighted by molar-refractivity contribution is 7.99. The first-order valence-electron chi connectivity index (χ1n) is 11.4. The smallest absolute Gasteiger partial charge is 0.262 e. The molecule has 0 saturated carbocycles. The third-order valence-electron chi connectivity index (χ3n) is 5.60. The predicted molar refractivity (Wildman–Crippen MR) is 139 cm³/mol. The van der Waals surface area contributed by atoms with Gasteiger partial charge in [-0.05, 0) is 48.9 Å². The molecule has 0 bridgehead atoms. The molecule has 180 valence electrons. The maximum absolute atomic E-state index is 12.8. The Morgan fingerprint density at radius 1 is 1.23 bits per heavy atom. The molecule has 0 aliphatic carbocycles. The molecule has 1 amide bonds. The Bertz CT molecular complexity index is 1370. The first-order chi connectivity index (χ1) is 16.9. The lowest BCUT2D eigenvalue weighted by Crippen LogP contribution is -2.36. The van der Waals surface area contributed by atoms with Crippen LogP contribution < -0.4 is 5.32 Å². The molecule has 2 heterocycles. The lowest BCUT2D eigenvalue weighted by Gasteiger charge is -2.10. The predicted octanol–water partition coefficient (Wildman–Crippen LogP) is 4.25. The van der Waals surface area contributed by atoms with E-state index in [1.807, 2.05) is 60.7 Å². The largest absolute Gasteiger partial charge is 0.348 e. The van der Waals surface area contributed by atoms with Gasteiger partial charge in [0, 0.05) is 28.3 Å². The van der Waals surface area contributed by atoms with Crippen LogP contribution in [-0.2, 0) is 14.6 Å². The van der Waals surface area contributed by atoms with Crippen LogP contribution in [0.1, 0.15) is 25.3 Å². The van der Waals surface area contributed by atoms with Crippen LogP contribution in [0.3, 0.4) is 0 Å². The van der Waals surface area contributed by atoms with Crippen molar-refractivity contribution in [2.24, 2.45) is 0 Å². The molecular weight excluding hydrogens is 480 g/mol. The number of thioether (sulfide) groups is 1. The topological polar surface area (TPSA) is 105 Å². The molecule has 1 aromatic heterocycles. The molecule has 2 aromatic carbocycles. The van der Waals surface area contributed by atoms with Crippen LogP contribution in [0.5, 0.6) is 0 Å². The van der Waals surface area contributed by atoms with Gasteiger partial charge in [-0.1, -0.05) is 37.3 Å². The summed E-state index contributed by atoms with van der Waals surface area (Å²) in [4.78, 5) is 14.0. The molecule has 1 atom stereocenters.